The van der Waals surface area contributed by atoms with Crippen LogP contribution in [-0.2, 0) is 4.79 Å². The minimum absolute atomic E-state index is 0.0139. The van der Waals surface area contributed by atoms with Gasteiger partial charge in [0.25, 0.3) is 0 Å². The molecular formula is C27H49F4N7O. The largest absolute Gasteiger partial charge is 0.405 e. The number of carbonyl (C=O) groups excluding carboxylic acids is 1. The second kappa shape index (κ2) is 13.7. The van der Waals surface area contributed by atoms with Gasteiger partial charge in [0.15, 0.2) is 5.96 Å². The Bertz CT molecular complexity index is 886. The van der Waals surface area contributed by atoms with E-state index in [4.69, 9.17) is 0 Å². The molecule has 0 aromatic heterocycles. The Hall–Kier alpha value is -1.76. The molecule has 226 valence electrons. The van der Waals surface area contributed by atoms with Gasteiger partial charge in [0, 0.05) is 25.7 Å². The summed E-state index contributed by atoms with van der Waals surface area (Å²) in [6.07, 6.45) is -0.887. The van der Waals surface area contributed by atoms with Crippen LogP contribution in [0.3, 0.4) is 0 Å². The Morgan fingerprint density at radius 2 is 1.87 bits per heavy atom. The molecule has 0 aromatic rings. The summed E-state index contributed by atoms with van der Waals surface area (Å²) in [5, 5.41) is 6.98. The lowest BCUT2D eigenvalue weighted by molar-refractivity contribution is -0.168. The van der Waals surface area contributed by atoms with Crippen molar-refractivity contribution in [3.05, 3.63) is 11.4 Å². The number of carbonyl (C=O) groups is 1. The number of alkyl halides is 3. The van der Waals surface area contributed by atoms with E-state index in [0.29, 0.717) is 24.5 Å². The highest BCUT2D eigenvalue weighted by atomic mass is 19.4. The van der Waals surface area contributed by atoms with Crippen molar-refractivity contribution in [3.8, 4) is 0 Å². The minimum atomic E-state index is -4.60. The van der Waals surface area contributed by atoms with E-state index in [9.17, 15) is 18.0 Å². The first-order valence-electron chi connectivity index (χ1n) is 14.1. The maximum atomic E-state index is 15.6. The van der Waals surface area contributed by atoms with Gasteiger partial charge < -0.3 is 5.32 Å². The molecule has 0 saturated carbocycles. The first-order chi connectivity index (χ1) is 18.1. The van der Waals surface area contributed by atoms with Crippen LogP contribution in [0.15, 0.2) is 16.4 Å². The molecule has 0 aromatic carbocycles. The number of hydrogen-bond donors (Lipinski definition) is 5. The van der Waals surface area contributed by atoms with Gasteiger partial charge in [-0.2, -0.15) is 13.2 Å². The van der Waals surface area contributed by atoms with Crippen molar-refractivity contribution in [1.29, 1.82) is 0 Å². The van der Waals surface area contributed by atoms with Crippen LogP contribution in [0.25, 0.3) is 0 Å². The molecule has 39 heavy (non-hydrogen) atoms. The third kappa shape index (κ3) is 9.12. The van der Waals surface area contributed by atoms with E-state index in [2.05, 4.69) is 52.7 Å². The highest BCUT2D eigenvalue weighted by molar-refractivity contribution is 5.98. The summed E-state index contributed by atoms with van der Waals surface area (Å²) in [7, 11) is 1.46. The molecule has 2 aliphatic rings. The SMILES string of the molecule is CCCC(C)CC1(CCC)NNC(NC(=NCC(C)(C)C)NC(=O)C2CN(C)NC2C(F)(F)F)C1=C(F)CC. The smallest absolute Gasteiger partial charge is 0.336 e. The van der Waals surface area contributed by atoms with E-state index in [1.165, 1.54) is 12.1 Å². The van der Waals surface area contributed by atoms with Crippen molar-refractivity contribution in [2.45, 2.75) is 111 Å². The molecule has 5 unspecified atom stereocenters. The summed E-state index contributed by atoms with van der Waals surface area (Å²) in [5.74, 6) is -2.09. The van der Waals surface area contributed by atoms with Crippen LogP contribution in [0.1, 0.15) is 87.0 Å². The van der Waals surface area contributed by atoms with Gasteiger partial charge in [0.05, 0.1) is 11.5 Å². The summed E-state index contributed by atoms with van der Waals surface area (Å²) < 4.78 is 56.5. The second-order valence-electron chi connectivity index (χ2n) is 12.3. The van der Waals surface area contributed by atoms with Crippen molar-refractivity contribution < 1.29 is 22.4 Å². The normalized spacial score (nSPS) is 29.0. The number of hydrazine groups is 2. The number of rotatable bonds is 10. The maximum absolute atomic E-state index is 15.6. The molecule has 5 atom stereocenters. The van der Waals surface area contributed by atoms with Gasteiger partial charge >= 0.3 is 6.18 Å². The Kier molecular flexibility index (Phi) is 11.8. The van der Waals surface area contributed by atoms with Gasteiger partial charge in [-0.15, -0.1) is 0 Å². The average Bonchev–Trinajstić information content (AvgIpc) is 3.37. The first-order valence-corrected chi connectivity index (χ1v) is 14.1. The Balaban J connectivity index is 2.39. The lowest BCUT2D eigenvalue weighted by Gasteiger charge is -2.34. The molecule has 5 N–H and O–H groups in total. The molecule has 1 amide bonds. The van der Waals surface area contributed by atoms with Gasteiger partial charge in [-0.3, -0.25) is 15.1 Å². The van der Waals surface area contributed by atoms with Crippen molar-refractivity contribution in [3.63, 3.8) is 0 Å². The van der Waals surface area contributed by atoms with Crippen LogP contribution < -0.4 is 26.9 Å². The van der Waals surface area contributed by atoms with E-state index in [1.807, 2.05) is 20.8 Å². The molecule has 0 bridgehead atoms. The summed E-state index contributed by atoms with van der Waals surface area (Å²) in [6, 6.07) is -2.01. The summed E-state index contributed by atoms with van der Waals surface area (Å²) in [6.45, 7) is 14.2. The Labute approximate surface area is 231 Å². The van der Waals surface area contributed by atoms with Crippen LogP contribution in [-0.4, -0.2) is 60.9 Å². The number of guanidine groups is 1. The Morgan fingerprint density at radius 1 is 1.21 bits per heavy atom. The van der Waals surface area contributed by atoms with E-state index in [1.54, 1.807) is 6.92 Å². The summed E-state index contributed by atoms with van der Waals surface area (Å²) in [5.41, 5.74) is 8.47. The van der Waals surface area contributed by atoms with E-state index >= 15 is 4.39 Å². The number of nitrogens with zero attached hydrogens (tertiary/aromatic N) is 2. The summed E-state index contributed by atoms with van der Waals surface area (Å²) in [4.78, 5) is 17.7. The lowest BCUT2D eigenvalue weighted by Crippen LogP contribution is -2.55. The molecule has 2 aliphatic heterocycles. The van der Waals surface area contributed by atoms with Gasteiger partial charge in [-0.25, -0.2) is 25.7 Å². The van der Waals surface area contributed by atoms with Crippen LogP contribution in [0.4, 0.5) is 17.6 Å². The highest BCUT2D eigenvalue weighted by Gasteiger charge is 2.52. The molecular weight excluding hydrogens is 514 g/mol. The molecule has 2 heterocycles. The second-order valence-corrected chi connectivity index (χ2v) is 12.3. The first kappa shape index (κ1) is 33.4. The van der Waals surface area contributed by atoms with E-state index in [0.717, 1.165) is 25.7 Å². The zero-order valence-electron chi connectivity index (χ0n) is 24.8. The molecule has 0 radical (unpaired) electrons. The number of nitrogens with one attached hydrogen (secondary N) is 5. The van der Waals surface area contributed by atoms with E-state index in [-0.39, 0.29) is 30.2 Å². The number of aliphatic imine (C=N–C) groups is 1. The molecule has 2 fully saturated rings. The average molecular weight is 564 g/mol. The fourth-order valence-electron chi connectivity index (χ4n) is 5.52. The van der Waals surface area contributed by atoms with E-state index < -0.39 is 35.7 Å². The predicted molar refractivity (Wildman–Crippen MR) is 147 cm³/mol. The maximum Gasteiger partial charge on any atom is 0.405 e. The molecule has 12 heteroatoms. The van der Waals surface area contributed by atoms with Crippen molar-refractivity contribution in [1.82, 2.24) is 31.9 Å². The minimum Gasteiger partial charge on any atom is -0.336 e. The fourth-order valence-corrected chi connectivity index (χ4v) is 5.52. The fraction of sp³-hybridized carbons (Fsp3) is 0.852. The zero-order valence-corrected chi connectivity index (χ0v) is 24.8. The Morgan fingerprint density at radius 3 is 2.41 bits per heavy atom. The van der Waals surface area contributed by atoms with Gasteiger partial charge in [0.2, 0.25) is 5.91 Å². The van der Waals surface area contributed by atoms with Crippen LogP contribution >= 0.6 is 0 Å². The third-order valence-electron chi connectivity index (χ3n) is 7.17. The van der Waals surface area contributed by atoms with Gasteiger partial charge in [-0.05, 0) is 30.6 Å². The van der Waals surface area contributed by atoms with Gasteiger partial charge in [-0.1, -0.05) is 67.7 Å². The summed E-state index contributed by atoms with van der Waals surface area (Å²) >= 11 is 0. The van der Waals surface area contributed by atoms with Crippen LogP contribution in [0.2, 0.25) is 0 Å². The van der Waals surface area contributed by atoms with Crippen molar-refractivity contribution >= 4 is 11.9 Å². The third-order valence-corrected chi connectivity index (χ3v) is 7.17. The standard InChI is InChI=1S/C27H49F4N7O/c1-9-12-17(4)14-26(13-10-2)20(19(28)11-3)22(35-37-26)33-24(32-16-25(5,6)7)34-23(39)18-15-38(8)36-21(18)27(29,30)31/h17-18,21-22,35-37H,9-16H2,1-8H3,(H2,32,33,34,39). The zero-order chi connectivity index (χ0) is 29.6. The predicted octanol–water partition coefficient (Wildman–Crippen LogP) is 4.52. The number of hydrogen-bond acceptors (Lipinski definition) is 6. The number of halogens is 4. The quantitative estimate of drug-likeness (QED) is 0.153. The van der Waals surface area contributed by atoms with Crippen LogP contribution in [0, 0.1) is 17.3 Å². The topological polar surface area (TPSA) is 92.8 Å². The van der Waals surface area contributed by atoms with Gasteiger partial charge in [0.1, 0.15) is 18.0 Å². The molecule has 8 nitrogen and oxygen atoms in total. The monoisotopic (exact) mass is 563 g/mol. The highest BCUT2D eigenvalue weighted by Crippen LogP contribution is 2.39. The lowest BCUT2D eigenvalue weighted by atomic mass is 9.77. The molecule has 2 rings (SSSR count). The van der Waals surface area contributed by atoms with Crippen LogP contribution in [0.5, 0.6) is 0 Å². The number of allylic oxidation sites excluding steroid dienone is 1. The number of amides is 1. The molecule has 0 aliphatic carbocycles. The molecule has 2 saturated heterocycles. The van der Waals surface area contributed by atoms with Crippen molar-refractivity contribution in [2.75, 3.05) is 20.1 Å². The molecule has 0 spiro atoms. The van der Waals surface area contributed by atoms with Crippen molar-refractivity contribution in [2.24, 2.45) is 22.2 Å².